The number of carbonyl (C=O) groups excluding carboxylic acids is 1. The number of halogens is 1. The van der Waals surface area contributed by atoms with Gasteiger partial charge in [-0.15, -0.1) is 0 Å². The number of nitrogens with zero attached hydrogens (tertiary/aromatic N) is 2. The van der Waals surface area contributed by atoms with Crippen LogP contribution in [0.25, 0.3) is 11.3 Å². The van der Waals surface area contributed by atoms with E-state index in [4.69, 9.17) is 11.6 Å². The molecule has 2 aromatic carbocycles. The maximum Gasteiger partial charge on any atom is 0.267 e. The molecule has 1 heterocycles. The maximum atomic E-state index is 12.4. The number of benzene rings is 2. The second-order valence-corrected chi connectivity index (χ2v) is 6.96. The zero-order valence-corrected chi connectivity index (χ0v) is 16.2. The zero-order chi connectivity index (χ0) is 19.6. The summed E-state index contributed by atoms with van der Waals surface area (Å²) in [5, 5.41) is 7.66. The summed E-state index contributed by atoms with van der Waals surface area (Å²) in [4.78, 5) is 24.5. The van der Waals surface area contributed by atoms with Crippen LogP contribution in [0.5, 0.6) is 0 Å². The third-order valence-electron chi connectivity index (χ3n) is 4.44. The summed E-state index contributed by atoms with van der Waals surface area (Å²) in [6, 6.07) is 14.3. The summed E-state index contributed by atoms with van der Waals surface area (Å²) in [7, 11) is 0. The number of anilines is 1. The highest BCUT2D eigenvalue weighted by molar-refractivity contribution is 6.31. The molecule has 0 atom stereocenters. The second-order valence-electron chi connectivity index (χ2n) is 6.52. The average Bonchev–Trinajstić information content (AvgIpc) is 2.62. The van der Waals surface area contributed by atoms with E-state index in [0.29, 0.717) is 16.4 Å². The topological polar surface area (TPSA) is 64.0 Å². The molecule has 0 bridgehead atoms. The lowest BCUT2D eigenvalue weighted by Crippen LogP contribution is -2.29. The highest BCUT2D eigenvalue weighted by Gasteiger charge is 2.10. The van der Waals surface area contributed by atoms with E-state index in [1.165, 1.54) is 16.3 Å². The first-order chi connectivity index (χ1) is 12.8. The lowest BCUT2D eigenvalue weighted by molar-refractivity contribution is -0.117. The quantitative estimate of drug-likeness (QED) is 0.739. The molecule has 0 saturated heterocycles. The number of amides is 1. The van der Waals surface area contributed by atoms with E-state index in [9.17, 15) is 9.59 Å². The molecule has 3 aromatic rings. The predicted molar refractivity (Wildman–Crippen MR) is 108 cm³/mol. The Labute approximate surface area is 162 Å². The standard InChI is InChI=1S/C21H20ClN3O2/c1-13-4-6-16(10-15(13)3)18-8-9-21(27)25(24-18)12-20(26)23-19-11-17(22)7-5-14(19)2/h4-11H,12H2,1-3H3,(H,23,26). The Morgan fingerprint density at radius 3 is 2.48 bits per heavy atom. The Kier molecular flexibility index (Phi) is 5.42. The van der Waals surface area contributed by atoms with Gasteiger partial charge in [-0.2, -0.15) is 5.10 Å². The van der Waals surface area contributed by atoms with Crippen molar-refractivity contribution < 1.29 is 4.79 Å². The summed E-state index contributed by atoms with van der Waals surface area (Å²) in [5.41, 5.74) is 5.04. The molecule has 0 fully saturated rings. The van der Waals surface area contributed by atoms with E-state index in [0.717, 1.165) is 16.7 Å². The Morgan fingerprint density at radius 1 is 1.00 bits per heavy atom. The number of carbonyl (C=O) groups is 1. The molecular weight excluding hydrogens is 362 g/mol. The largest absolute Gasteiger partial charge is 0.324 e. The normalized spacial score (nSPS) is 10.7. The van der Waals surface area contributed by atoms with Crippen LogP contribution in [-0.2, 0) is 11.3 Å². The SMILES string of the molecule is Cc1ccc(-c2ccc(=O)n(CC(=O)Nc3cc(Cl)ccc3C)n2)cc1C. The van der Waals surface area contributed by atoms with Gasteiger partial charge < -0.3 is 5.32 Å². The zero-order valence-electron chi connectivity index (χ0n) is 15.4. The smallest absolute Gasteiger partial charge is 0.267 e. The molecular formula is C21H20ClN3O2. The van der Waals surface area contributed by atoms with Gasteiger partial charge in [0.25, 0.3) is 5.56 Å². The van der Waals surface area contributed by atoms with Crippen LogP contribution in [0.1, 0.15) is 16.7 Å². The van der Waals surface area contributed by atoms with Gasteiger partial charge in [-0.05, 0) is 61.7 Å². The van der Waals surface area contributed by atoms with Gasteiger partial charge in [-0.1, -0.05) is 29.8 Å². The Hall–Kier alpha value is -2.92. The number of aryl methyl sites for hydroxylation is 3. The third-order valence-corrected chi connectivity index (χ3v) is 4.67. The third kappa shape index (κ3) is 4.44. The van der Waals surface area contributed by atoms with Crippen LogP contribution in [0.4, 0.5) is 5.69 Å². The summed E-state index contributed by atoms with van der Waals surface area (Å²) < 4.78 is 1.17. The summed E-state index contributed by atoms with van der Waals surface area (Å²) >= 11 is 5.98. The van der Waals surface area contributed by atoms with Gasteiger partial charge in [0.05, 0.1) is 5.69 Å². The lowest BCUT2D eigenvalue weighted by Gasteiger charge is -2.11. The van der Waals surface area contributed by atoms with Gasteiger partial charge in [0.1, 0.15) is 6.54 Å². The van der Waals surface area contributed by atoms with Crippen molar-refractivity contribution in [2.75, 3.05) is 5.32 Å². The van der Waals surface area contributed by atoms with Crippen LogP contribution in [-0.4, -0.2) is 15.7 Å². The van der Waals surface area contributed by atoms with Gasteiger partial charge in [0.2, 0.25) is 5.91 Å². The number of aromatic nitrogens is 2. The van der Waals surface area contributed by atoms with E-state index in [-0.39, 0.29) is 18.0 Å². The molecule has 0 aliphatic carbocycles. The van der Waals surface area contributed by atoms with E-state index >= 15 is 0 Å². The summed E-state index contributed by atoms with van der Waals surface area (Å²) in [6.45, 7) is 5.76. The van der Waals surface area contributed by atoms with Crippen molar-refractivity contribution in [2.45, 2.75) is 27.3 Å². The van der Waals surface area contributed by atoms with Crippen LogP contribution < -0.4 is 10.9 Å². The fraction of sp³-hybridized carbons (Fsp3) is 0.190. The highest BCUT2D eigenvalue weighted by Crippen LogP contribution is 2.21. The molecule has 1 N–H and O–H groups in total. The van der Waals surface area contributed by atoms with Gasteiger partial charge in [-0.3, -0.25) is 9.59 Å². The minimum atomic E-state index is -0.341. The molecule has 5 nitrogen and oxygen atoms in total. The molecule has 0 spiro atoms. The van der Waals surface area contributed by atoms with Gasteiger partial charge in [0, 0.05) is 22.3 Å². The van der Waals surface area contributed by atoms with E-state index in [2.05, 4.69) is 10.4 Å². The first kappa shape index (κ1) is 18.9. The lowest BCUT2D eigenvalue weighted by atomic mass is 10.0. The average molecular weight is 382 g/mol. The molecule has 1 amide bonds. The molecule has 0 saturated carbocycles. The number of hydrogen-bond acceptors (Lipinski definition) is 3. The number of nitrogens with one attached hydrogen (secondary N) is 1. The minimum Gasteiger partial charge on any atom is -0.324 e. The van der Waals surface area contributed by atoms with Crippen LogP contribution >= 0.6 is 11.6 Å². The Balaban J connectivity index is 1.84. The number of hydrogen-bond donors (Lipinski definition) is 1. The Morgan fingerprint density at radius 2 is 1.74 bits per heavy atom. The molecule has 1 aromatic heterocycles. The molecule has 0 aliphatic rings. The van der Waals surface area contributed by atoms with Gasteiger partial charge in [-0.25, -0.2) is 4.68 Å². The van der Waals surface area contributed by atoms with E-state index in [1.54, 1.807) is 18.2 Å². The van der Waals surface area contributed by atoms with Crippen molar-refractivity contribution in [3.63, 3.8) is 0 Å². The van der Waals surface area contributed by atoms with Crippen molar-refractivity contribution in [2.24, 2.45) is 0 Å². The first-order valence-corrected chi connectivity index (χ1v) is 8.93. The fourth-order valence-electron chi connectivity index (χ4n) is 2.67. The van der Waals surface area contributed by atoms with Gasteiger partial charge >= 0.3 is 0 Å². The molecule has 3 rings (SSSR count). The van der Waals surface area contributed by atoms with Crippen molar-refractivity contribution >= 4 is 23.2 Å². The molecule has 0 unspecified atom stereocenters. The number of rotatable bonds is 4. The van der Waals surface area contributed by atoms with Crippen molar-refractivity contribution in [1.82, 2.24) is 9.78 Å². The second kappa shape index (κ2) is 7.76. The first-order valence-electron chi connectivity index (χ1n) is 8.55. The maximum absolute atomic E-state index is 12.4. The van der Waals surface area contributed by atoms with E-state index in [1.807, 2.05) is 45.0 Å². The Bertz CT molecular complexity index is 1070. The van der Waals surface area contributed by atoms with Crippen LogP contribution in [0.15, 0.2) is 53.3 Å². The van der Waals surface area contributed by atoms with Crippen LogP contribution in [0.2, 0.25) is 5.02 Å². The predicted octanol–water partition coefficient (Wildman–Crippen LogP) is 4.13. The molecule has 138 valence electrons. The molecule has 0 aliphatic heterocycles. The fourth-order valence-corrected chi connectivity index (χ4v) is 2.84. The summed E-state index contributed by atoms with van der Waals surface area (Å²) in [5.74, 6) is -0.341. The minimum absolute atomic E-state index is 0.177. The summed E-state index contributed by atoms with van der Waals surface area (Å²) in [6.07, 6.45) is 0. The molecule has 27 heavy (non-hydrogen) atoms. The van der Waals surface area contributed by atoms with Crippen molar-refractivity contribution in [3.05, 3.63) is 80.6 Å². The highest BCUT2D eigenvalue weighted by atomic mass is 35.5. The van der Waals surface area contributed by atoms with Gasteiger partial charge in [0.15, 0.2) is 0 Å². The van der Waals surface area contributed by atoms with Crippen molar-refractivity contribution in [3.8, 4) is 11.3 Å². The van der Waals surface area contributed by atoms with Crippen molar-refractivity contribution in [1.29, 1.82) is 0 Å². The monoisotopic (exact) mass is 381 g/mol. The molecule has 6 heteroatoms. The molecule has 0 radical (unpaired) electrons. The van der Waals surface area contributed by atoms with E-state index < -0.39 is 0 Å². The van der Waals surface area contributed by atoms with Crippen LogP contribution in [0.3, 0.4) is 0 Å². The van der Waals surface area contributed by atoms with Crippen LogP contribution in [0, 0.1) is 20.8 Å².